The van der Waals surface area contributed by atoms with Gasteiger partial charge in [-0.05, 0) is 90.2 Å². The van der Waals surface area contributed by atoms with Gasteiger partial charge in [0.1, 0.15) is 29.3 Å². The maximum atomic E-state index is 15.0. The fraction of sp³-hybridized carbons (Fsp3) is 0.641. The third-order valence-corrected chi connectivity index (χ3v) is 13.7. The van der Waals surface area contributed by atoms with Crippen LogP contribution < -0.4 is 20.3 Å². The van der Waals surface area contributed by atoms with Crippen LogP contribution in [0.2, 0.25) is 0 Å². The summed E-state index contributed by atoms with van der Waals surface area (Å²) in [6, 6.07) is 2.67. The summed E-state index contributed by atoms with van der Waals surface area (Å²) in [5, 5.41) is 17.5. The molecule has 2 aromatic rings. The van der Waals surface area contributed by atoms with E-state index < -0.39 is 99.0 Å². The molecule has 318 valence electrons. The molecule has 3 fully saturated rings. The molecule has 19 heteroatoms. The first kappa shape index (κ1) is 42.9. The predicted molar refractivity (Wildman–Crippen MR) is 205 cm³/mol. The van der Waals surface area contributed by atoms with Crippen LogP contribution in [-0.4, -0.2) is 104 Å². The van der Waals surface area contributed by atoms with Gasteiger partial charge in [-0.25, -0.2) is 17.9 Å². The van der Waals surface area contributed by atoms with E-state index in [-0.39, 0.29) is 46.9 Å². The summed E-state index contributed by atoms with van der Waals surface area (Å²) in [6.45, 7) is 7.77. The van der Waals surface area contributed by atoms with Crippen LogP contribution >= 0.6 is 0 Å². The second-order valence-electron chi connectivity index (χ2n) is 17.1. The monoisotopic (exact) mass is 836 g/mol. The minimum absolute atomic E-state index is 0.0119. The molecule has 58 heavy (non-hydrogen) atoms. The Kier molecular flexibility index (Phi) is 11.5. The van der Waals surface area contributed by atoms with Gasteiger partial charge in [-0.3, -0.25) is 28.8 Å². The highest BCUT2D eigenvalue weighted by Crippen LogP contribution is 2.47. The van der Waals surface area contributed by atoms with Crippen molar-refractivity contribution in [3.63, 3.8) is 0 Å². The number of carbonyl (C=O) groups is 4. The smallest absolute Gasteiger partial charge is 0.411 e. The van der Waals surface area contributed by atoms with Crippen molar-refractivity contribution in [2.45, 2.75) is 133 Å². The first-order chi connectivity index (χ1) is 27.0. The summed E-state index contributed by atoms with van der Waals surface area (Å²) in [4.78, 5) is 70.7. The summed E-state index contributed by atoms with van der Waals surface area (Å²) in [6.07, 6.45) is -3.04. The van der Waals surface area contributed by atoms with Gasteiger partial charge in [0, 0.05) is 12.3 Å². The summed E-state index contributed by atoms with van der Waals surface area (Å²) < 4.78 is 79.6. The summed E-state index contributed by atoms with van der Waals surface area (Å²) in [5.74, 6) is -4.75. The molecule has 2 aliphatic carbocycles. The van der Waals surface area contributed by atoms with Crippen LogP contribution in [0.5, 0.6) is 5.88 Å². The first-order valence-electron chi connectivity index (χ1n) is 19.6. The molecule has 4 amide bonds. The van der Waals surface area contributed by atoms with Crippen LogP contribution in [0.15, 0.2) is 41.2 Å². The van der Waals surface area contributed by atoms with Crippen molar-refractivity contribution in [3.05, 3.63) is 46.8 Å². The molecule has 4 aliphatic rings. The number of hydrogen-bond acceptors (Lipinski definition) is 9. The molecule has 3 heterocycles. The molecule has 15 nitrogen and oxygen atoms in total. The lowest BCUT2D eigenvalue weighted by molar-refractivity contribution is -0.222. The van der Waals surface area contributed by atoms with Gasteiger partial charge in [0.15, 0.2) is 0 Å². The number of carbonyl (C=O) groups excluding carboxylic acids is 3. The maximum absolute atomic E-state index is 15.0. The van der Waals surface area contributed by atoms with Crippen LogP contribution in [0.4, 0.5) is 18.0 Å². The second kappa shape index (κ2) is 15.5. The van der Waals surface area contributed by atoms with Gasteiger partial charge in [0.2, 0.25) is 27.7 Å². The van der Waals surface area contributed by atoms with Crippen molar-refractivity contribution in [2.24, 2.45) is 17.8 Å². The Morgan fingerprint density at radius 3 is 2.33 bits per heavy atom. The SMILES string of the molecule is CC(C)n1nc(O[C@@H]2C[C@H]3C(=O)N[C@]4(C(=O)NS(=O)(=O)C5CC5)C[C@H]4C=CCC[C@H](C)C[C@@H](C)[C@H](N(C(=O)O)C(C)(C)C(F)(F)F)C(=O)N3C2)c2ccccc2c1=O. The Morgan fingerprint density at radius 2 is 1.72 bits per heavy atom. The number of aromatic nitrogens is 2. The van der Waals surface area contributed by atoms with E-state index in [1.54, 1.807) is 50.3 Å². The van der Waals surface area contributed by atoms with E-state index in [0.29, 0.717) is 44.9 Å². The molecule has 1 saturated heterocycles. The molecule has 3 N–H and O–H groups in total. The van der Waals surface area contributed by atoms with Crippen LogP contribution in [-0.2, 0) is 24.4 Å². The van der Waals surface area contributed by atoms with Gasteiger partial charge in [0.25, 0.3) is 11.5 Å². The Morgan fingerprint density at radius 1 is 1.07 bits per heavy atom. The highest BCUT2D eigenvalue weighted by Gasteiger charge is 2.63. The minimum atomic E-state index is -5.11. The topological polar surface area (TPSA) is 197 Å². The van der Waals surface area contributed by atoms with E-state index in [9.17, 15) is 45.9 Å². The number of halogens is 3. The molecule has 2 saturated carbocycles. The minimum Gasteiger partial charge on any atom is -0.471 e. The third-order valence-electron chi connectivity index (χ3n) is 11.9. The zero-order chi connectivity index (χ0) is 42.7. The van der Waals surface area contributed by atoms with E-state index in [1.807, 2.05) is 6.92 Å². The molecule has 7 atom stereocenters. The molecule has 0 radical (unpaired) electrons. The largest absolute Gasteiger partial charge is 0.471 e. The first-order valence-corrected chi connectivity index (χ1v) is 21.2. The number of allylic oxidation sites excluding steroid dienone is 1. The van der Waals surface area contributed by atoms with E-state index in [2.05, 4.69) is 15.1 Å². The fourth-order valence-corrected chi connectivity index (χ4v) is 9.62. The number of hydrogen-bond donors (Lipinski definition) is 3. The molecular formula is C39H51F3N6O9S. The van der Waals surface area contributed by atoms with Crippen molar-refractivity contribution in [1.82, 2.24) is 29.6 Å². The average Bonchev–Trinajstić information content (AvgIpc) is 4.05. The van der Waals surface area contributed by atoms with E-state index >= 15 is 4.79 Å². The number of sulfonamides is 1. The Labute approximate surface area is 334 Å². The van der Waals surface area contributed by atoms with Crippen molar-refractivity contribution in [2.75, 3.05) is 6.54 Å². The normalized spacial score (nSPS) is 28.6. The van der Waals surface area contributed by atoms with Crippen molar-refractivity contribution in [3.8, 4) is 5.88 Å². The highest BCUT2D eigenvalue weighted by atomic mass is 32.2. The number of alkyl halides is 3. The number of benzene rings is 1. The van der Waals surface area contributed by atoms with E-state index in [1.165, 1.54) is 11.6 Å². The number of nitrogens with one attached hydrogen (secondary N) is 2. The number of carboxylic acid groups (broad SMARTS) is 1. The summed E-state index contributed by atoms with van der Waals surface area (Å²) in [5.41, 5.74) is -5.17. The fourth-order valence-electron chi connectivity index (χ4n) is 8.26. The van der Waals surface area contributed by atoms with Crippen molar-refractivity contribution < 1.29 is 50.6 Å². The quantitative estimate of drug-likeness (QED) is 0.318. The third kappa shape index (κ3) is 8.14. The van der Waals surface area contributed by atoms with E-state index in [0.717, 1.165) is 4.90 Å². The molecular weight excluding hydrogens is 786 g/mol. The zero-order valence-corrected chi connectivity index (χ0v) is 34.1. The highest BCUT2D eigenvalue weighted by molar-refractivity contribution is 7.91. The van der Waals surface area contributed by atoms with Gasteiger partial charge in [0.05, 0.1) is 28.6 Å². The molecule has 0 unspecified atom stereocenters. The lowest BCUT2D eigenvalue weighted by Gasteiger charge is -2.45. The Bertz CT molecular complexity index is 2170. The van der Waals surface area contributed by atoms with Crippen molar-refractivity contribution in [1.29, 1.82) is 0 Å². The van der Waals surface area contributed by atoms with Crippen LogP contribution in [0.25, 0.3) is 10.8 Å². The van der Waals surface area contributed by atoms with Gasteiger partial charge in [-0.2, -0.15) is 13.2 Å². The molecule has 6 rings (SSSR count). The molecule has 1 aromatic carbocycles. The van der Waals surface area contributed by atoms with Gasteiger partial charge in [-0.15, -0.1) is 5.10 Å². The second-order valence-corrected chi connectivity index (χ2v) is 19.1. The van der Waals surface area contributed by atoms with Gasteiger partial charge < -0.3 is 20.1 Å². The van der Waals surface area contributed by atoms with Crippen LogP contribution in [0, 0.1) is 17.8 Å². The Hall–Kier alpha value is -4.68. The predicted octanol–water partition coefficient (Wildman–Crippen LogP) is 4.51. The summed E-state index contributed by atoms with van der Waals surface area (Å²) in [7, 11) is -4.04. The summed E-state index contributed by atoms with van der Waals surface area (Å²) >= 11 is 0. The molecule has 1 aromatic heterocycles. The average molecular weight is 837 g/mol. The Balaban J connectivity index is 1.45. The number of ether oxygens (including phenoxy) is 1. The molecule has 2 aliphatic heterocycles. The van der Waals surface area contributed by atoms with Crippen molar-refractivity contribution >= 4 is 44.6 Å². The molecule has 0 bridgehead atoms. The lowest BCUT2D eigenvalue weighted by Crippen LogP contribution is -2.66. The number of rotatable bonds is 8. The number of nitrogens with zero attached hydrogens (tertiary/aromatic N) is 4. The van der Waals surface area contributed by atoms with Crippen LogP contribution in [0.3, 0.4) is 0 Å². The number of amides is 4. The lowest BCUT2D eigenvalue weighted by atomic mass is 9.85. The molecule has 0 spiro atoms. The zero-order valence-electron chi connectivity index (χ0n) is 33.3. The standard InChI is InChI=1S/C39H51F3N6O9S/c1-21(2)48-33(50)28-14-10-9-13-27(28)32(44-48)57-25-18-29-31(49)43-38(35(52)45-58(55,56)26-15-16-26)19-24(38)12-8-7-11-22(3)17-23(4)30(34(51)46(29)20-25)47(36(53)54)37(5,6)39(40,41)42/h8-10,12-14,21-26,29-30H,7,11,15-20H2,1-6H3,(H,43,49)(H,45,52)(H,53,54)/t22-,23+,24+,25+,29-,30-,38+/m0/s1. The number of fused-ring (bicyclic) bond motifs is 3. The van der Waals surface area contributed by atoms with Gasteiger partial charge in [-0.1, -0.05) is 38.1 Å². The van der Waals surface area contributed by atoms with Gasteiger partial charge >= 0.3 is 12.3 Å². The maximum Gasteiger partial charge on any atom is 0.411 e. The van der Waals surface area contributed by atoms with Crippen LogP contribution in [0.1, 0.15) is 92.5 Å². The van der Waals surface area contributed by atoms with E-state index in [4.69, 9.17) is 4.74 Å².